The summed E-state index contributed by atoms with van der Waals surface area (Å²) in [7, 11) is 0. The fraction of sp³-hybridized carbons (Fsp3) is 0.357. The summed E-state index contributed by atoms with van der Waals surface area (Å²) >= 11 is 0. The Kier molecular flexibility index (Phi) is 3.18. The number of hydrogen-bond acceptors (Lipinski definition) is 2. The SMILES string of the molecule is CCc1nn(CC)c(-c2ccc(C)cc2)c1O. The third-order valence-corrected chi connectivity index (χ3v) is 2.96. The molecule has 0 radical (unpaired) electrons. The fourth-order valence-electron chi connectivity index (χ4n) is 1.97. The summed E-state index contributed by atoms with van der Waals surface area (Å²) in [5, 5.41) is 14.6. The van der Waals surface area contributed by atoms with Gasteiger partial charge in [0.1, 0.15) is 11.4 Å². The first kappa shape index (κ1) is 11.7. The van der Waals surface area contributed by atoms with Crippen molar-refractivity contribution in [1.82, 2.24) is 9.78 Å². The van der Waals surface area contributed by atoms with Crippen LogP contribution in [0.3, 0.4) is 0 Å². The highest BCUT2D eigenvalue weighted by Crippen LogP contribution is 2.32. The Labute approximate surface area is 102 Å². The molecule has 0 saturated carbocycles. The molecular weight excluding hydrogens is 212 g/mol. The molecule has 0 fully saturated rings. The predicted molar refractivity (Wildman–Crippen MR) is 69.1 cm³/mol. The standard InChI is InChI=1S/C14H18N2O/c1-4-12-14(17)13(16(5-2)15-12)11-8-6-10(3)7-9-11/h6-9,17H,4-5H2,1-3H3. The molecular formula is C14H18N2O. The van der Waals surface area contributed by atoms with Crippen LogP contribution in [0.4, 0.5) is 0 Å². The van der Waals surface area contributed by atoms with E-state index < -0.39 is 0 Å². The maximum Gasteiger partial charge on any atom is 0.164 e. The van der Waals surface area contributed by atoms with Gasteiger partial charge in [-0.3, -0.25) is 4.68 Å². The van der Waals surface area contributed by atoms with E-state index in [0.29, 0.717) is 5.75 Å². The minimum absolute atomic E-state index is 0.318. The zero-order chi connectivity index (χ0) is 12.4. The van der Waals surface area contributed by atoms with E-state index in [0.717, 1.165) is 29.9 Å². The van der Waals surface area contributed by atoms with Gasteiger partial charge in [-0.1, -0.05) is 36.8 Å². The summed E-state index contributed by atoms with van der Waals surface area (Å²) in [5.74, 6) is 0.318. The van der Waals surface area contributed by atoms with Gasteiger partial charge < -0.3 is 5.11 Å². The van der Waals surface area contributed by atoms with Crippen molar-refractivity contribution in [2.24, 2.45) is 0 Å². The summed E-state index contributed by atoms with van der Waals surface area (Å²) < 4.78 is 1.86. The van der Waals surface area contributed by atoms with E-state index >= 15 is 0 Å². The molecule has 0 aliphatic heterocycles. The van der Waals surface area contributed by atoms with Crippen LogP contribution in [-0.4, -0.2) is 14.9 Å². The van der Waals surface area contributed by atoms with Gasteiger partial charge in [-0.05, 0) is 20.3 Å². The molecule has 1 aromatic heterocycles. The Morgan fingerprint density at radius 3 is 2.35 bits per heavy atom. The molecule has 0 aliphatic carbocycles. The van der Waals surface area contributed by atoms with Crippen LogP contribution < -0.4 is 0 Å². The Morgan fingerprint density at radius 2 is 1.82 bits per heavy atom. The second kappa shape index (κ2) is 4.62. The monoisotopic (exact) mass is 230 g/mol. The van der Waals surface area contributed by atoms with Gasteiger partial charge in [-0.15, -0.1) is 0 Å². The molecule has 1 N–H and O–H groups in total. The van der Waals surface area contributed by atoms with Crippen LogP contribution in [0.2, 0.25) is 0 Å². The zero-order valence-corrected chi connectivity index (χ0v) is 10.6. The minimum atomic E-state index is 0.318. The third-order valence-electron chi connectivity index (χ3n) is 2.96. The van der Waals surface area contributed by atoms with Gasteiger partial charge in [0.15, 0.2) is 5.75 Å². The third kappa shape index (κ3) is 2.05. The average molecular weight is 230 g/mol. The Balaban J connectivity index is 2.57. The molecule has 0 saturated heterocycles. The van der Waals surface area contributed by atoms with Crippen LogP contribution in [0.15, 0.2) is 24.3 Å². The van der Waals surface area contributed by atoms with Crippen molar-refractivity contribution < 1.29 is 5.11 Å². The van der Waals surface area contributed by atoms with Crippen LogP contribution in [0.1, 0.15) is 25.1 Å². The minimum Gasteiger partial charge on any atom is -0.504 e. The molecule has 0 atom stereocenters. The smallest absolute Gasteiger partial charge is 0.164 e. The first-order valence-electron chi connectivity index (χ1n) is 6.03. The van der Waals surface area contributed by atoms with E-state index in [-0.39, 0.29) is 0 Å². The lowest BCUT2D eigenvalue weighted by Crippen LogP contribution is -1.99. The second-order valence-electron chi connectivity index (χ2n) is 4.18. The molecule has 1 aromatic carbocycles. The maximum absolute atomic E-state index is 10.2. The molecule has 0 spiro atoms. The summed E-state index contributed by atoms with van der Waals surface area (Å²) in [6.07, 6.45) is 0.748. The van der Waals surface area contributed by atoms with E-state index in [1.807, 2.05) is 42.8 Å². The van der Waals surface area contributed by atoms with Crippen molar-refractivity contribution in [3.05, 3.63) is 35.5 Å². The van der Waals surface area contributed by atoms with Gasteiger partial charge in [0.25, 0.3) is 0 Å². The van der Waals surface area contributed by atoms with E-state index in [9.17, 15) is 5.11 Å². The van der Waals surface area contributed by atoms with E-state index in [4.69, 9.17) is 0 Å². The first-order valence-corrected chi connectivity index (χ1v) is 6.03. The number of nitrogens with zero attached hydrogens (tertiary/aromatic N) is 2. The molecule has 2 rings (SSSR count). The van der Waals surface area contributed by atoms with Crippen molar-refractivity contribution in [1.29, 1.82) is 0 Å². The van der Waals surface area contributed by atoms with E-state index in [2.05, 4.69) is 12.0 Å². The first-order chi connectivity index (χ1) is 8.17. The average Bonchev–Trinajstić information content (AvgIpc) is 2.67. The lowest BCUT2D eigenvalue weighted by molar-refractivity contribution is 0.470. The van der Waals surface area contributed by atoms with E-state index in [1.165, 1.54) is 5.56 Å². The molecule has 90 valence electrons. The Morgan fingerprint density at radius 1 is 1.18 bits per heavy atom. The van der Waals surface area contributed by atoms with Gasteiger partial charge in [-0.2, -0.15) is 5.10 Å². The highest BCUT2D eigenvalue weighted by molar-refractivity contribution is 5.68. The maximum atomic E-state index is 10.2. The van der Waals surface area contributed by atoms with Crippen molar-refractivity contribution >= 4 is 0 Å². The number of hydrogen-bond donors (Lipinski definition) is 1. The molecule has 0 aliphatic rings. The van der Waals surface area contributed by atoms with Crippen LogP contribution in [-0.2, 0) is 13.0 Å². The number of aryl methyl sites for hydroxylation is 3. The van der Waals surface area contributed by atoms with Crippen LogP contribution in [0, 0.1) is 6.92 Å². The molecule has 3 heteroatoms. The van der Waals surface area contributed by atoms with Crippen LogP contribution in [0.25, 0.3) is 11.3 Å². The quantitative estimate of drug-likeness (QED) is 0.879. The van der Waals surface area contributed by atoms with E-state index in [1.54, 1.807) is 0 Å². The Hall–Kier alpha value is -1.77. The lowest BCUT2D eigenvalue weighted by atomic mass is 10.1. The zero-order valence-electron chi connectivity index (χ0n) is 10.6. The van der Waals surface area contributed by atoms with Crippen molar-refractivity contribution in [3.63, 3.8) is 0 Å². The molecule has 0 bridgehead atoms. The summed E-state index contributed by atoms with van der Waals surface area (Å²) in [6, 6.07) is 8.15. The van der Waals surface area contributed by atoms with Gasteiger partial charge in [0.05, 0.1) is 0 Å². The molecule has 2 aromatic rings. The fourth-order valence-corrected chi connectivity index (χ4v) is 1.97. The molecule has 17 heavy (non-hydrogen) atoms. The highest BCUT2D eigenvalue weighted by atomic mass is 16.3. The van der Waals surface area contributed by atoms with Crippen molar-refractivity contribution in [3.8, 4) is 17.0 Å². The topological polar surface area (TPSA) is 38.0 Å². The highest BCUT2D eigenvalue weighted by Gasteiger charge is 2.16. The van der Waals surface area contributed by atoms with Gasteiger partial charge in [-0.25, -0.2) is 0 Å². The Bertz CT molecular complexity index is 512. The lowest BCUT2D eigenvalue weighted by Gasteiger charge is -2.05. The van der Waals surface area contributed by atoms with Crippen molar-refractivity contribution in [2.75, 3.05) is 0 Å². The second-order valence-corrected chi connectivity index (χ2v) is 4.18. The van der Waals surface area contributed by atoms with Crippen LogP contribution in [0.5, 0.6) is 5.75 Å². The normalized spacial score (nSPS) is 10.8. The van der Waals surface area contributed by atoms with Gasteiger partial charge in [0.2, 0.25) is 0 Å². The molecule has 0 amide bonds. The summed E-state index contributed by atoms with van der Waals surface area (Å²) in [4.78, 5) is 0. The largest absolute Gasteiger partial charge is 0.504 e. The van der Waals surface area contributed by atoms with Gasteiger partial charge >= 0.3 is 0 Å². The number of aromatic nitrogens is 2. The van der Waals surface area contributed by atoms with Gasteiger partial charge in [0, 0.05) is 12.1 Å². The summed E-state index contributed by atoms with van der Waals surface area (Å²) in [6.45, 7) is 6.85. The number of rotatable bonds is 3. The van der Waals surface area contributed by atoms with Crippen molar-refractivity contribution in [2.45, 2.75) is 33.7 Å². The number of aromatic hydroxyl groups is 1. The summed E-state index contributed by atoms with van der Waals surface area (Å²) in [5.41, 5.74) is 3.82. The molecule has 0 unspecified atom stereocenters. The predicted octanol–water partition coefficient (Wildman–Crippen LogP) is 3.15. The van der Waals surface area contributed by atoms with Crippen LogP contribution >= 0.6 is 0 Å². The molecule has 1 heterocycles. The molecule has 3 nitrogen and oxygen atoms in total. The number of benzene rings is 1.